The summed E-state index contributed by atoms with van der Waals surface area (Å²) in [6, 6.07) is 14.9. The Balaban J connectivity index is 1.91. The van der Waals surface area contributed by atoms with Crippen LogP contribution in [0.3, 0.4) is 0 Å². The average molecular weight is 266 g/mol. The largest absolute Gasteiger partial charge is 0.497 e. The summed E-state index contributed by atoms with van der Waals surface area (Å²) < 4.78 is 10.7. The third kappa shape index (κ3) is 2.30. The Morgan fingerprint density at radius 2 is 1.85 bits per heavy atom. The van der Waals surface area contributed by atoms with E-state index in [1.54, 1.807) is 13.2 Å². The molecule has 2 aromatic rings. The molecule has 1 aliphatic rings. The fourth-order valence-corrected chi connectivity index (χ4v) is 2.18. The molecule has 0 N–H and O–H groups in total. The zero-order chi connectivity index (χ0) is 13.9. The Kier molecular flexibility index (Phi) is 3.25. The lowest BCUT2D eigenvalue weighted by Crippen LogP contribution is -2.18. The average Bonchev–Trinajstić information content (AvgIpc) is 2.51. The van der Waals surface area contributed by atoms with Gasteiger partial charge in [-0.1, -0.05) is 24.3 Å². The molecule has 100 valence electrons. The lowest BCUT2D eigenvalue weighted by molar-refractivity contribution is 0.100. The van der Waals surface area contributed by atoms with Crippen LogP contribution in [-0.2, 0) is 0 Å². The molecule has 0 unspecified atom stereocenters. The van der Waals surface area contributed by atoms with Gasteiger partial charge in [0.25, 0.3) is 0 Å². The van der Waals surface area contributed by atoms with Gasteiger partial charge in [0.1, 0.15) is 18.1 Å². The predicted molar refractivity (Wildman–Crippen MR) is 77.2 cm³/mol. The normalized spacial score (nSPS) is 15.7. The van der Waals surface area contributed by atoms with Gasteiger partial charge in [0, 0.05) is 5.57 Å². The molecule has 1 aliphatic heterocycles. The Bertz CT molecular complexity index is 669. The van der Waals surface area contributed by atoms with Crippen molar-refractivity contribution in [1.29, 1.82) is 0 Å². The van der Waals surface area contributed by atoms with E-state index in [2.05, 4.69) is 0 Å². The number of hydrogen-bond donors (Lipinski definition) is 0. The van der Waals surface area contributed by atoms with Crippen LogP contribution in [0.1, 0.15) is 15.9 Å². The minimum Gasteiger partial charge on any atom is -0.497 e. The predicted octanol–water partition coefficient (Wildman–Crippen LogP) is 3.35. The number of benzene rings is 2. The summed E-state index contributed by atoms with van der Waals surface area (Å²) in [7, 11) is 1.63. The quantitative estimate of drug-likeness (QED) is 0.782. The summed E-state index contributed by atoms with van der Waals surface area (Å²) in [4.78, 5) is 12.4. The van der Waals surface area contributed by atoms with Gasteiger partial charge in [-0.2, -0.15) is 0 Å². The van der Waals surface area contributed by atoms with Crippen molar-refractivity contribution in [2.75, 3.05) is 13.7 Å². The number of rotatable bonds is 2. The molecule has 0 bridgehead atoms. The van der Waals surface area contributed by atoms with Crippen LogP contribution in [0.2, 0.25) is 0 Å². The van der Waals surface area contributed by atoms with E-state index in [0.717, 1.165) is 11.3 Å². The molecule has 0 fully saturated rings. The molecule has 3 rings (SSSR count). The van der Waals surface area contributed by atoms with E-state index >= 15 is 0 Å². The highest BCUT2D eigenvalue weighted by atomic mass is 16.5. The van der Waals surface area contributed by atoms with Crippen molar-refractivity contribution in [3.05, 3.63) is 65.2 Å². The van der Waals surface area contributed by atoms with E-state index in [4.69, 9.17) is 9.47 Å². The van der Waals surface area contributed by atoms with Gasteiger partial charge in [-0.25, -0.2) is 0 Å². The van der Waals surface area contributed by atoms with Crippen LogP contribution in [0.4, 0.5) is 0 Å². The van der Waals surface area contributed by atoms with Crippen LogP contribution < -0.4 is 9.47 Å². The third-order valence-electron chi connectivity index (χ3n) is 3.26. The first-order valence-corrected chi connectivity index (χ1v) is 6.39. The third-order valence-corrected chi connectivity index (χ3v) is 3.26. The molecule has 0 radical (unpaired) electrons. The maximum absolute atomic E-state index is 12.4. The lowest BCUT2D eigenvalue weighted by atomic mass is 9.98. The van der Waals surface area contributed by atoms with Crippen LogP contribution in [-0.4, -0.2) is 19.5 Å². The van der Waals surface area contributed by atoms with Crippen molar-refractivity contribution in [3.63, 3.8) is 0 Å². The summed E-state index contributed by atoms with van der Waals surface area (Å²) in [5.74, 6) is 1.48. The lowest BCUT2D eigenvalue weighted by Gasteiger charge is -2.18. The maximum Gasteiger partial charge on any atom is 0.196 e. The molecule has 0 saturated carbocycles. The Hall–Kier alpha value is -2.55. The van der Waals surface area contributed by atoms with Crippen LogP contribution in [0, 0.1) is 0 Å². The van der Waals surface area contributed by atoms with Crippen molar-refractivity contribution in [2.45, 2.75) is 0 Å². The highest BCUT2D eigenvalue weighted by molar-refractivity contribution is 6.14. The van der Waals surface area contributed by atoms with E-state index in [-0.39, 0.29) is 5.78 Å². The molecule has 0 saturated heterocycles. The van der Waals surface area contributed by atoms with Gasteiger partial charge in [-0.15, -0.1) is 0 Å². The standard InChI is InChI=1S/C17H14O3/c1-19-14-8-6-12(7-9-14)10-13-11-20-16-5-3-2-4-15(16)17(13)18/h2-10H,11H2,1H3/b13-10+. The Morgan fingerprint density at radius 1 is 1.10 bits per heavy atom. The second kappa shape index (κ2) is 5.21. The minimum atomic E-state index is 0.0302. The first kappa shape index (κ1) is 12.5. The molecular weight excluding hydrogens is 252 g/mol. The van der Waals surface area contributed by atoms with E-state index in [1.807, 2.05) is 48.5 Å². The number of para-hydroxylation sites is 1. The number of carbonyl (C=O) groups is 1. The molecular formula is C17H14O3. The molecule has 0 atom stereocenters. The maximum atomic E-state index is 12.4. The minimum absolute atomic E-state index is 0.0302. The van der Waals surface area contributed by atoms with Crippen LogP contribution in [0.25, 0.3) is 6.08 Å². The number of carbonyl (C=O) groups excluding carboxylic acids is 1. The zero-order valence-corrected chi connectivity index (χ0v) is 11.1. The molecule has 20 heavy (non-hydrogen) atoms. The van der Waals surface area contributed by atoms with Gasteiger partial charge in [-0.05, 0) is 35.9 Å². The van der Waals surface area contributed by atoms with Crippen LogP contribution >= 0.6 is 0 Å². The van der Waals surface area contributed by atoms with E-state index < -0.39 is 0 Å². The van der Waals surface area contributed by atoms with Crippen LogP contribution in [0.5, 0.6) is 11.5 Å². The van der Waals surface area contributed by atoms with E-state index in [1.165, 1.54) is 0 Å². The van der Waals surface area contributed by atoms with Gasteiger partial charge in [0.15, 0.2) is 5.78 Å². The Labute approximate surface area is 117 Å². The monoisotopic (exact) mass is 266 g/mol. The molecule has 3 heteroatoms. The summed E-state index contributed by atoms with van der Waals surface area (Å²) in [5, 5.41) is 0. The second-order valence-electron chi connectivity index (χ2n) is 4.56. The van der Waals surface area contributed by atoms with Crippen molar-refractivity contribution in [3.8, 4) is 11.5 Å². The summed E-state index contributed by atoms with van der Waals surface area (Å²) >= 11 is 0. The van der Waals surface area contributed by atoms with E-state index in [0.29, 0.717) is 23.5 Å². The number of methoxy groups -OCH3 is 1. The van der Waals surface area contributed by atoms with Crippen LogP contribution in [0.15, 0.2) is 54.1 Å². The molecule has 1 heterocycles. The molecule has 2 aromatic carbocycles. The first-order valence-electron chi connectivity index (χ1n) is 6.39. The van der Waals surface area contributed by atoms with Gasteiger partial charge >= 0.3 is 0 Å². The van der Waals surface area contributed by atoms with Gasteiger partial charge in [-0.3, -0.25) is 4.79 Å². The fourth-order valence-electron chi connectivity index (χ4n) is 2.18. The summed E-state index contributed by atoms with van der Waals surface area (Å²) in [6.45, 7) is 0.307. The molecule has 0 aromatic heterocycles. The van der Waals surface area contributed by atoms with Crippen molar-refractivity contribution in [2.24, 2.45) is 0 Å². The fraction of sp³-hybridized carbons (Fsp3) is 0.118. The Morgan fingerprint density at radius 3 is 2.60 bits per heavy atom. The highest BCUT2D eigenvalue weighted by Gasteiger charge is 2.22. The molecule has 0 amide bonds. The van der Waals surface area contributed by atoms with Gasteiger partial charge in [0.2, 0.25) is 0 Å². The van der Waals surface area contributed by atoms with Crippen molar-refractivity contribution < 1.29 is 14.3 Å². The number of ketones is 1. The van der Waals surface area contributed by atoms with Gasteiger partial charge < -0.3 is 9.47 Å². The number of Topliss-reactive ketones (excluding diaryl/α,β-unsaturated/α-hetero) is 1. The second-order valence-corrected chi connectivity index (χ2v) is 4.56. The smallest absolute Gasteiger partial charge is 0.196 e. The van der Waals surface area contributed by atoms with Crippen molar-refractivity contribution >= 4 is 11.9 Å². The molecule has 3 nitrogen and oxygen atoms in total. The molecule has 0 spiro atoms. The number of hydrogen-bond acceptors (Lipinski definition) is 3. The van der Waals surface area contributed by atoms with E-state index in [9.17, 15) is 4.79 Å². The molecule has 0 aliphatic carbocycles. The number of fused-ring (bicyclic) bond motifs is 1. The highest BCUT2D eigenvalue weighted by Crippen LogP contribution is 2.27. The van der Waals surface area contributed by atoms with Crippen molar-refractivity contribution in [1.82, 2.24) is 0 Å². The first-order chi connectivity index (χ1) is 9.78. The zero-order valence-electron chi connectivity index (χ0n) is 11.1. The summed E-state index contributed by atoms with van der Waals surface area (Å²) in [6.07, 6.45) is 1.86. The van der Waals surface area contributed by atoms with Gasteiger partial charge in [0.05, 0.1) is 12.7 Å². The SMILES string of the molecule is COc1ccc(/C=C2\COc3ccccc3C2=O)cc1. The summed E-state index contributed by atoms with van der Waals surface area (Å²) in [5.41, 5.74) is 2.24. The topological polar surface area (TPSA) is 35.5 Å². The number of ether oxygens (including phenoxy) is 2.